The van der Waals surface area contributed by atoms with Crippen molar-refractivity contribution in [2.45, 2.75) is 0 Å². The maximum absolute atomic E-state index is 9.92. The number of rotatable bonds is 2. The Kier molecular flexibility index (Phi) is 3.05. The molecule has 0 atom stereocenters. The Morgan fingerprint density at radius 3 is 2.67 bits per heavy atom. The second kappa shape index (κ2) is 3.86. The van der Waals surface area contributed by atoms with Crippen LogP contribution in [0.1, 0.15) is 5.76 Å². The van der Waals surface area contributed by atoms with Gasteiger partial charge in [0.15, 0.2) is 4.67 Å². The molecule has 0 saturated carbocycles. The molecule has 12 heavy (non-hydrogen) atoms. The van der Waals surface area contributed by atoms with E-state index in [9.17, 15) is 10.1 Å². The molecule has 0 N–H and O–H groups in total. The molecule has 0 unspecified atom stereocenters. The normalized spacial score (nSPS) is 10.8. The molecule has 0 radical (unpaired) electrons. The van der Waals surface area contributed by atoms with Crippen LogP contribution in [0.3, 0.4) is 0 Å². The third-order valence-electron chi connectivity index (χ3n) is 1.02. The molecule has 0 fully saturated rings. The third-order valence-corrected chi connectivity index (χ3v) is 2.73. The highest BCUT2D eigenvalue weighted by Crippen LogP contribution is 2.27. The Morgan fingerprint density at radius 1 is 1.58 bits per heavy atom. The standard InChI is InChI=1S/C6H3Br2NO3/c7-5-3-4(12-6(5)8)1-2-9(10)11/h1-3H/b2-1+. The lowest BCUT2D eigenvalue weighted by atomic mass is 10.4. The summed E-state index contributed by atoms with van der Waals surface area (Å²) in [5.74, 6) is 0.422. The Balaban J connectivity index is 2.83. The molecule has 6 heteroatoms. The molecule has 0 aliphatic rings. The number of nitrogens with zero attached hydrogens (tertiary/aromatic N) is 1. The zero-order chi connectivity index (χ0) is 9.14. The van der Waals surface area contributed by atoms with E-state index in [0.29, 0.717) is 10.4 Å². The van der Waals surface area contributed by atoms with Gasteiger partial charge in [-0.05, 0) is 37.9 Å². The first-order valence-electron chi connectivity index (χ1n) is 2.86. The smallest absolute Gasteiger partial charge is 0.238 e. The average molecular weight is 297 g/mol. The van der Waals surface area contributed by atoms with E-state index in [4.69, 9.17) is 4.42 Å². The van der Waals surface area contributed by atoms with Crippen LogP contribution in [0.15, 0.2) is 25.8 Å². The van der Waals surface area contributed by atoms with Crippen molar-refractivity contribution >= 4 is 37.9 Å². The molecule has 1 rings (SSSR count). The fourth-order valence-corrected chi connectivity index (χ4v) is 1.19. The van der Waals surface area contributed by atoms with E-state index in [1.807, 2.05) is 0 Å². The first-order chi connectivity index (χ1) is 5.59. The van der Waals surface area contributed by atoms with Crippen LogP contribution in [-0.2, 0) is 0 Å². The molecule has 0 aromatic carbocycles. The van der Waals surface area contributed by atoms with Crippen molar-refractivity contribution in [2.75, 3.05) is 0 Å². The van der Waals surface area contributed by atoms with E-state index in [-0.39, 0.29) is 0 Å². The van der Waals surface area contributed by atoms with Crippen LogP contribution < -0.4 is 0 Å². The molecule has 0 spiro atoms. The maximum atomic E-state index is 9.92. The molecule has 0 amide bonds. The first kappa shape index (κ1) is 9.47. The van der Waals surface area contributed by atoms with Gasteiger partial charge in [-0.2, -0.15) is 0 Å². The highest BCUT2D eigenvalue weighted by atomic mass is 79.9. The average Bonchev–Trinajstić information content (AvgIpc) is 2.28. The van der Waals surface area contributed by atoms with Gasteiger partial charge in [-0.3, -0.25) is 10.1 Å². The van der Waals surface area contributed by atoms with Crippen LogP contribution >= 0.6 is 31.9 Å². The zero-order valence-electron chi connectivity index (χ0n) is 5.66. The second-order valence-corrected chi connectivity index (χ2v) is 3.45. The summed E-state index contributed by atoms with van der Waals surface area (Å²) in [6.45, 7) is 0. The molecule has 0 saturated heterocycles. The number of hydrogen-bond acceptors (Lipinski definition) is 3. The summed E-state index contributed by atoms with van der Waals surface area (Å²) in [5.41, 5.74) is 0. The van der Waals surface area contributed by atoms with Gasteiger partial charge in [-0.1, -0.05) is 0 Å². The minimum absolute atomic E-state index is 0.422. The van der Waals surface area contributed by atoms with E-state index < -0.39 is 4.92 Å². The Hall–Kier alpha value is -0.620. The van der Waals surface area contributed by atoms with E-state index in [1.165, 1.54) is 6.08 Å². The largest absolute Gasteiger partial charge is 0.449 e. The Bertz CT molecular complexity index is 312. The van der Waals surface area contributed by atoms with Crippen molar-refractivity contribution < 1.29 is 9.34 Å². The van der Waals surface area contributed by atoms with Gasteiger partial charge >= 0.3 is 0 Å². The van der Waals surface area contributed by atoms with Gasteiger partial charge in [0.05, 0.1) is 15.5 Å². The number of furan rings is 1. The molecule has 1 heterocycles. The van der Waals surface area contributed by atoms with E-state index in [2.05, 4.69) is 31.9 Å². The Labute approximate surface area is 84.7 Å². The fraction of sp³-hybridized carbons (Fsp3) is 0. The van der Waals surface area contributed by atoms with Gasteiger partial charge in [0.1, 0.15) is 5.76 Å². The van der Waals surface area contributed by atoms with Gasteiger partial charge in [0.2, 0.25) is 6.20 Å². The molecule has 4 nitrogen and oxygen atoms in total. The summed E-state index contributed by atoms with van der Waals surface area (Å²) >= 11 is 6.28. The third kappa shape index (κ3) is 2.46. The summed E-state index contributed by atoms with van der Waals surface area (Å²) in [7, 11) is 0. The lowest BCUT2D eigenvalue weighted by Crippen LogP contribution is -1.80. The lowest BCUT2D eigenvalue weighted by molar-refractivity contribution is -0.401. The van der Waals surface area contributed by atoms with E-state index >= 15 is 0 Å². The van der Waals surface area contributed by atoms with Crippen molar-refractivity contribution in [3.05, 3.63) is 37.3 Å². The lowest BCUT2D eigenvalue weighted by Gasteiger charge is -1.79. The van der Waals surface area contributed by atoms with Gasteiger partial charge in [-0.15, -0.1) is 0 Å². The quantitative estimate of drug-likeness (QED) is 0.622. The first-order valence-corrected chi connectivity index (χ1v) is 4.44. The summed E-state index contributed by atoms with van der Waals surface area (Å²) in [4.78, 5) is 9.37. The number of halogens is 2. The zero-order valence-corrected chi connectivity index (χ0v) is 8.83. The SMILES string of the molecule is O=[N+]([O-])/C=C/c1cc(Br)c(Br)o1. The maximum Gasteiger partial charge on any atom is 0.238 e. The minimum atomic E-state index is -0.551. The van der Waals surface area contributed by atoms with Crippen LogP contribution in [0.25, 0.3) is 6.08 Å². The number of nitro groups is 1. The molecule has 0 bridgehead atoms. The van der Waals surface area contributed by atoms with Gasteiger partial charge in [0, 0.05) is 0 Å². The predicted molar refractivity (Wildman–Crippen MR) is 50.1 cm³/mol. The molecule has 64 valence electrons. The molecular weight excluding hydrogens is 294 g/mol. The number of hydrogen-bond donors (Lipinski definition) is 0. The minimum Gasteiger partial charge on any atom is -0.449 e. The highest BCUT2D eigenvalue weighted by Gasteiger charge is 2.03. The van der Waals surface area contributed by atoms with Gasteiger partial charge in [0.25, 0.3) is 0 Å². The fourth-order valence-electron chi connectivity index (χ4n) is 0.580. The van der Waals surface area contributed by atoms with Crippen molar-refractivity contribution in [3.63, 3.8) is 0 Å². The Morgan fingerprint density at radius 2 is 2.25 bits per heavy atom. The van der Waals surface area contributed by atoms with Gasteiger partial charge < -0.3 is 4.42 Å². The monoisotopic (exact) mass is 295 g/mol. The van der Waals surface area contributed by atoms with Crippen molar-refractivity contribution in [3.8, 4) is 0 Å². The summed E-state index contributed by atoms with van der Waals surface area (Å²) in [5, 5.41) is 9.92. The molecular formula is C6H3Br2NO3. The summed E-state index contributed by atoms with van der Waals surface area (Å²) in [6.07, 6.45) is 2.09. The van der Waals surface area contributed by atoms with Crippen molar-refractivity contribution in [2.24, 2.45) is 0 Å². The van der Waals surface area contributed by atoms with Crippen molar-refractivity contribution in [1.82, 2.24) is 0 Å². The summed E-state index contributed by atoms with van der Waals surface area (Å²) < 4.78 is 6.29. The van der Waals surface area contributed by atoms with Crippen LogP contribution in [0.4, 0.5) is 0 Å². The van der Waals surface area contributed by atoms with E-state index in [0.717, 1.165) is 10.7 Å². The molecule has 0 aliphatic heterocycles. The predicted octanol–water partition coefficient (Wildman–Crippen LogP) is 3.05. The molecule has 0 aliphatic carbocycles. The van der Waals surface area contributed by atoms with Crippen LogP contribution in [0.5, 0.6) is 0 Å². The molecule has 1 aromatic rings. The molecule has 1 aromatic heterocycles. The van der Waals surface area contributed by atoms with Gasteiger partial charge in [-0.25, -0.2) is 0 Å². The summed E-state index contributed by atoms with van der Waals surface area (Å²) in [6, 6.07) is 1.63. The van der Waals surface area contributed by atoms with Crippen LogP contribution in [0, 0.1) is 10.1 Å². The van der Waals surface area contributed by atoms with Crippen LogP contribution in [0.2, 0.25) is 0 Å². The second-order valence-electron chi connectivity index (χ2n) is 1.87. The highest BCUT2D eigenvalue weighted by molar-refractivity contribution is 9.13. The van der Waals surface area contributed by atoms with Crippen molar-refractivity contribution in [1.29, 1.82) is 0 Å². The van der Waals surface area contributed by atoms with E-state index in [1.54, 1.807) is 6.07 Å². The topological polar surface area (TPSA) is 56.3 Å². The van der Waals surface area contributed by atoms with Crippen LogP contribution in [-0.4, -0.2) is 4.92 Å².